The molecule has 0 atom stereocenters. The lowest BCUT2D eigenvalue weighted by atomic mass is 9.98. The third-order valence-electron chi connectivity index (χ3n) is 4.64. The minimum Gasteiger partial charge on any atom is -0.285 e. The van der Waals surface area contributed by atoms with E-state index in [4.69, 9.17) is 0 Å². The van der Waals surface area contributed by atoms with Crippen molar-refractivity contribution in [3.05, 3.63) is 0 Å². The zero-order chi connectivity index (χ0) is 15.8. The lowest BCUT2D eigenvalue weighted by Crippen LogP contribution is -2.59. The highest BCUT2D eigenvalue weighted by Gasteiger charge is 2.56. The smallest absolute Gasteiger partial charge is 0.271 e. The monoisotopic (exact) mass is 327 g/mol. The van der Waals surface area contributed by atoms with Crippen molar-refractivity contribution in [2.75, 3.05) is 13.1 Å². The summed E-state index contributed by atoms with van der Waals surface area (Å²) in [6.07, 6.45) is 3.52. The largest absolute Gasteiger partial charge is 0.285 e. The molecule has 0 bridgehead atoms. The molecule has 0 aromatic rings. The lowest BCUT2D eigenvalue weighted by molar-refractivity contribution is 0.359. The van der Waals surface area contributed by atoms with E-state index in [1.807, 2.05) is 0 Å². The topological polar surface area (TPSA) is 91.8 Å². The predicted octanol–water partition coefficient (Wildman–Crippen LogP) is 1.64. The van der Waals surface area contributed by atoms with Gasteiger partial charge in [-0.05, 0) is 40.5 Å². The van der Waals surface area contributed by atoms with Crippen LogP contribution in [0.1, 0.15) is 53.4 Å². The zero-order valence-corrected chi connectivity index (χ0v) is 14.2. The van der Waals surface area contributed by atoms with Crippen LogP contribution in [-0.2, 0) is 20.1 Å². The molecule has 0 aliphatic carbocycles. The van der Waals surface area contributed by atoms with Gasteiger partial charge in [-0.25, -0.2) is 12.7 Å². The number of hydrogen-bond donors (Lipinski definition) is 1. The Morgan fingerprint density at radius 3 is 1.55 bits per heavy atom. The Hall–Kier alpha value is -0.180. The molecule has 0 saturated carbocycles. The van der Waals surface area contributed by atoms with Crippen LogP contribution in [0.2, 0.25) is 0 Å². The maximum atomic E-state index is 12.8. The molecule has 20 heavy (non-hydrogen) atoms. The molecule has 1 fully saturated rings. The van der Waals surface area contributed by atoms with E-state index in [0.717, 1.165) is 25.7 Å². The highest BCUT2D eigenvalue weighted by Crippen LogP contribution is 2.38. The summed E-state index contributed by atoms with van der Waals surface area (Å²) >= 11 is 0. The first kappa shape index (κ1) is 17.9. The highest BCUT2D eigenvalue weighted by atomic mass is 32.2. The van der Waals surface area contributed by atoms with E-state index < -0.39 is 29.6 Å². The van der Waals surface area contributed by atoms with Gasteiger partial charge in [0.25, 0.3) is 10.1 Å². The third kappa shape index (κ3) is 2.88. The SMILES string of the molecule is CC(C)(C(C)(C)S(=O)(=O)N1CCCCCC1)S(=O)(=O)O. The summed E-state index contributed by atoms with van der Waals surface area (Å²) in [7, 11) is -8.33. The summed E-state index contributed by atoms with van der Waals surface area (Å²) in [6.45, 7) is 6.04. The van der Waals surface area contributed by atoms with Crippen LogP contribution in [0, 0.1) is 0 Å². The van der Waals surface area contributed by atoms with E-state index in [-0.39, 0.29) is 0 Å². The summed E-state index contributed by atoms with van der Waals surface area (Å²) in [5.41, 5.74) is 0. The Kier molecular flexibility index (Phi) is 4.96. The van der Waals surface area contributed by atoms with Crippen LogP contribution in [-0.4, -0.2) is 48.3 Å². The van der Waals surface area contributed by atoms with Crippen molar-refractivity contribution in [1.82, 2.24) is 4.31 Å². The van der Waals surface area contributed by atoms with Crippen LogP contribution in [0.15, 0.2) is 0 Å². The van der Waals surface area contributed by atoms with Gasteiger partial charge in [-0.3, -0.25) is 4.55 Å². The molecule has 1 heterocycles. The molecule has 1 saturated heterocycles. The molecule has 0 aromatic carbocycles. The van der Waals surface area contributed by atoms with Gasteiger partial charge in [0.15, 0.2) is 0 Å². The average Bonchev–Trinajstić information content (AvgIpc) is 2.55. The number of sulfonamides is 1. The van der Waals surface area contributed by atoms with Gasteiger partial charge in [0.1, 0.15) is 9.49 Å². The summed E-state index contributed by atoms with van der Waals surface area (Å²) in [5.74, 6) is 0. The molecular formula is C12H25NO5S2. The van der Waals surface area contributed by atoms with E-state index in [0.29, 0.717) is 13.1 Å². The van der Waals surface area contributed by atoms with Crippen molar-refractivity contribution < 1.29 is 21.4 Å². The molecular weight excluding hydrogens is 302 g/mol. The molecule has 0 unspecified atom stereocenters. The molecule has 0 radical (unpaired) electrons. The molecule has 0 amide bonds. The Morgan fingerprint density at radius 1 is 0.800 bits per heavy atom. The average molecular weight is 327 g/mol. The van der Waals surface area contributed by atoms with E-state index in [2.05, 4.69) is 0 Å². The Bertz CT molecular complexity index is 540. The van der Waals surface area contributed by atoms with Gasteiger partial charge in [0, 0.05) is 13.1 Å². The fourth-order valence-electron chi connectivity index (χ4n) is 2.23. The second-order valence-corrected chi connectivity index (χ2v) is 10.8. The number of hydrogen-bond acceptors (Lipinski definition) is 4. The quantitative estimate of drug-likeness (QED) is 0.793. The van der Waals surface area contributed by atoms with Gasteiger partial charge in [-0.1, -0.05) is 12.8 Å². The summed E-state index contributed by atoms with van der Waals surface area (Å²) < 4.78 is 56.1. The molecule has 1 rings (SSSR count). The van der Waals surface area contributed by atoms with E-state index >= 15 is 0 Å². The fourth-order valence-corrected chi connectivity index (χ4v) is 5.48. The molecule has 120 valence electrons. The van der Waals surface area contributed by atoms with E-state index in [1.165, 1.54) is 32.0 Å². The van der Waals surface area contributed by atoms with Crippen molar-refractivity contribution in [1.29, 1.82) is 0 Å². The van der Waals surface area contributed by atoms with Crippen LogP contribution in [0.5, 0.6) is 0 Å². The van der Waals surface area contributed by atoms with Crippen molar-refractivity contribution in [3.63, 3.8) is 0 Å². The number of rotatable bonds is 4. The van der Waals surface area contributed by atoms with Gasteiger partial charge >= 0.3 is 0 Å². The normalized spacial score (nSPS) is 20.6. The van der Waals surface area contributed by atoms with Gasteiger partial charge in [-0.15, -0.1) is 0 Å². The Balaban J connectivity index is 3.24. The minimum absolute atomic E-state index is 0.410. The molecule has 0 spiro atoms. The van der Waals surface area contributed by atoms with Crippen LogP contribution >= 0.6 is 0 Å². The highest BCUT2D eigenvalue weighted by molar-refractivity contribution is 7.93. The first-order valence-electron chi connectivity index (χ1n) is 6.82. The van der Waals surface area contributed by atoms with Crippen molar-refractivity contribution in [3.8, 4) is 0 Å². The van der Waals surface area contributed by atoms with Gasteiger partial charge < -0.3 is 0 Å². The molecule has 1 aliphatic rings. The minimum atomic E-state index is -4.50. The number of nitrogens with zero attached hydrogens (tertiary/aromatic N) is 1. The zero-order valence-electron chi connectivity index (χ0n) is 12.6. The van der Waals surface area contributed by atoms with E-state index in [1.54, 1.807) is 0 Å². The van der Waals surface area contributed by atoms with Crippen LogP contribution in [0.4, 0.5) is 0 Å². The van der Waals surface area contributed by atoms with Crippen LogP contribution in [0.3, 0.4) is 0 Å². The summed E-state index contributed by atoms with van der Waals surface area (Å²) in [6, 6.07) is 0. The van der Waals surface area contributed by atoms with Crippen molar-refractivity contribution in [2.45, 2.75) is 62.9 Å². The predicted molar refractivity (Wildman–Crippen MR) is 78.7 cm³/mol. The molecule has 1 aliphatic heterocycles. The van der Waals surface area contributed by atoms with Crippen molar-refractivity contribution in [2.24, 2.45) is 0 Å². The second kappa shape index (κ2) is 5.55. The lowest BCUT2D eigenvalue weighted by Gasteiger charge is -2.41. The van der Waals surface area contributed by atoms with Gasteiger partial charge in [0.2, 0.25) is 10.0 Å². The maximum absolute atomic E-state index is 12.8. The van der Waals surface area contributed by atoms with Gasteiger partial charge in [-0.2, -0.15) is 8.42 Å². The summed E-state index contributed by atoms with van der Waals surface area (Å²) in [5, 5.41) is 0. The molecule has 0 aromatic heterocycles. The van der Waals surface area contributed by atoms with Crippen LogP contribution < -0.4 is 0 Å². The maximum Gasteiger partial charge on any atom is 0.271 e. The van der Waals surface area contributed by atoms with E-state index in [9.17, 15) is 21.4 Å². The standard InChI is InChI=1S/C12H25NO5S2/c1-11(2,12(3,4)20(16,17)18)19(14,15)13-9-7-5-6-8-10-13/h5-10H2,1-4H3,(H,16,17,18). The molecule has 1 N–H and O–H groups in total. The second-order valence-electron chi connectivity index (χ2n) is 6.31. The van der Waals surface area contributed by atoms with Gasteiger partial charge in [0.05, 0.1) is 0 Å². The molecule has 6 nitrogen and oxygen atoms in total. The Morgan fingerprint density at radius 2 is 1.20 bits per heavy atom. The molecule has 8 heteroatoms. The first-order chi connectivity index (χ1) is 8.86. The summed E-state index contributed by atoms with van der Waals surface area (Å²) in [4.78, 5) is 0. The Labute approximate surface area is 122 Å². The third-order valence-corrected chi connectivity index (χ3v) is 9.42. The van der Waals surface area contributed by atoms with Crippen molar-refractivity contribution >= 4 is 20.1 Å². The fraction of sp³-hybridized carbons (Fsp3) is 1.00. The van der Waals surface area contributed by atoms with Crippen LogP contribution in [0.25, 0.3) is 0 Å². The first-order valence-corrected chi connectivity index (χ1v) is 9.70.